The smallest absolute Gasteiger partial charge is 0.227 e. The number of hydrogen-bond acceptors (Lipinski definition) is 2. The van der Waals surface area contributed by atoms with E-state index in [1.807, 2.05) is 0 Å². The van der Waals surface area contributed by atoms with Crippen LogP contribution in [0, 0.1) is 11.3 Å². The van der Waals surface area contributed by atoms with Gasteiger partial charge in [-0.15, -0.1) is 0 Å². The number of carbonyl (C=O) groups excluding carboxylic acids is 2. The molecule has 72 valence electrons. The third-order valence-corrected chi connectivity index (χ3v) is 3.45. The number of hydrogen-bond donors (Lipinski definition) is 1. The Morgan fingerprint density at radius 3 is 2.23 bits per heavy atom. The van der Waals surface area contributed by atoms with Crippen LogP contribution in [0.2, 0.25) is 0 Å². The van der Waals surface area contributed by atoms with E-state index < -0.39 is 0 Å². The van der Waals surface area contributed by atoms with Crippen LogP contribution in [0.5, 0.6) is 0 Å². The Balaban J connectivity index is 2.17. The second-order valence-corrected chi connectivity index (χ2v) is 4.32. The van der Waals surface area contributed by atoms with Crippen molar-refractivity contribution in [1.82, 2.24) is 5.32 Å². The van der Waals surface area contributed by atoms with Gasteiger partial charge in [0.2, 0.25) is 11.8 Å². The third-order valence-electron chi connectivity index (χ3n) is 3.45. The lowest BCUT2D eigenvalue weighted by Gasteiger charge is -2.35. The van der Waals surface area contributed by atoms with Crippen molar-refractivity contribution in [3.63, 3.8) is 0 Å². The fourth-order valence-electron chi connectivity index (χ4n) is 2.47. The summed E-state index contributed by atoms with van der Waals surface area (Å²) in [5.41, 5.74) is 0.0133. The van der Waals surface area contributed by atoms with Crippen molar-refractivity contribution in [2.24, 2.45) is 11.3 Å². The van der Waals surface area contributed by atoms with Crippen LogP contribution >= 0.6 is 0 Å². The van der Waals surface area contributed by atoms with Gasteiger partial charge in [-0.3, -0.25) is 14.9 Å². The summed E-state index contributed by atoms with van der Waals surface area (Å²) in [4.78, 5) is 22.5. The predicted molar refractivity (Wildman–Crippen MR) is 47.8 cm³/mol. The number of amides is 2. The van der Waals surface area contributed by atoms with Gasteiger partial charge in [-0.25, -0.2) is 0 Å². The monoisotopic (exact) mass is 181 g/mol. The van der Waals surface area contributed by atoms with E-state index in [0.29, 0.717) is 18.8 Å². The molecule has 13 heavy (non-hydrogen) atoms. The van der Waals surface area contributed by atoms with Crippen molar-refractivity contribution < 1.29 is 9.59 Å². The Hall–Kier alpha value is -0.860. The van der Waals surface area contributed by atoms with Crippen molar-refractivity contribution in [2.45, 2.75) is 39.0 Å². The van der Waals surface area contributed by atoms with Crippen molar-refractivity contribution >= 4 is 11.8 Å². The van der Waals surface area contributed by atoms with Gasteiger partial charge in [0.05, 0.1) is 0 Å². The number of nitrogens with one attached hydrogen (secondary N) is 1. The largest absolute Gasteiger partial charge is 0.296 e. The standard InChI is InChI=1S/C10H15NO2/c1-2-10(7-3-4-7)5-8(12)11-9(13)6-10/h7H,2-6H2,1H3,(H,11,12,13). The highest BCUT2D eigenvalue weighted by Crippen LogP contribution is 2.52. The normalized spacial score (nSPS) is 27.2. The zero-order valence-electron chi connectivity index (χ0n) is 7.93. The Kier molecular flexibility index (Phi) is 1.90. The van der Waals surface area contributed by atoms with Gasteiger partial charge in [0.25, 0.3) is 0 Å². The summed E-state index contributed by atoms with van der Waals surface area (Å²) in [6.45, 7) is 2.09. The van der Waals surface area contributed by atoms with Crippen LogP contribution in [0.25, 0.3) is 0 Å². The number of piperidine rings is 1. The maximum atomic E-state index is 11.2. The van der Waals surface area contributed by atoms with E-state index in [1.54, 1.807) is 0 Å². The van der Waals surface area contributed by atoms with Crippen LogP contribution in [0.15, 0.2) is 0 Å². The molecule has 0 aromatic heterocycles. The molecule has 1 saturated carbocycles. The molecule has 0 aromatic rings. The first kappa shape index (κ1) is 8.73. The fraction of sp³-hybridized carbons (Fsp3) is 0.800. The molecule has 0 atom stereocenters. The van der Waals surface area contributed by atoms with Gasteiger partial charge in [-0.05, 0) is 30.6 Å². The topological polar surface area (TPSA) is 46.2 Å². The summed E-state index contributed by atoms with van der Waals surface area (Å²) in [6, 6.07) is 0. The van der Waals surface area contributed by atoms with E-state index >= 15 is 0 Å². The molecule has 2 aliphatic rings. The molecule has 3 nitrogen and oxygen atoms in total. The van der Waals surface area contributed by atoms with Gasteiger partial charge in [0.1, 0.15) is 0 Å². The molecule has 0 bridgehead atoms. The Bertz CT molecular complexity index is 240. The number of rotatable bonds is 2. The molecule has 0 unspecified atom stereocenters. The highest BCUT2D eigenvalue weighted by molar-refractivity contribution is 5.98. The van der Waals surface area contributed by atoms with Gasteiger partial charge in [-0.2, -0.15) is 0 Å². The van der Waals surface area contributed by atoms with Crippen LogP contribution < -0.4 is 5.32 Å². The number of carbonyl (C=O) groups is 2. The van der Waals surface area contributed by atoms with E-state index in [2.05, 4.69) is 12.2 Å². The Labute approximate surface area is 77.9 Å². The fourth-order valence-corrected chi connectivity index (χ4v) is 2.47. The second-order valence-electron chi connectivity index (χ2n) is 4.32. The van der Waals surface area contributed by atoms with E-state index in [-0.39, 0.29) is 17.2 Å². The van der Waals surface area contributed by atoms with Gasteiger partial charge >= 0.3 is 0 Å². The SMILES string of the molecule is CCC1(C2CC2)CC(=O)NC(=O)C1. The van der Waals surface area contributed by atoms with Gasteiger partial charge in [-0.1, -0.05) is 6.92 Å². The summed E-state index contributed by atoms with van der Waals surface area (Å²) >= 11 is 0. The lowest BCUT2D eigenvalue weighted by atomic mass is 9.72. The number of imide groups is 1. The second kappa shape index (κ2) is 2.82. The Morgan fingerprint density at radius 1 is 1.31 bits per heavy atom. The first-order valence-corrected chi connectivity index (χ1v) is 4.99. The molecule has 1 saturated heterocycles. The molecule has 1 aliphatic carbocycles. The Morgan fingerprint density at radius 2 is 1.85 bits per heavy atom. The maximum Gasteiger partial charge on any atom is 0.227 e. The average Bonchev–Trinajstić information content (AvgIpc) is 2.84. The highest BCUT2D eigenvalue weighted by Gasteiger charge is 2.48. The molecule has 1 heterocycles. The van der Waals surface area contributed by atoms with Crippen molar-refractivity contribution in [3.05, 3.63) is 0 Å². The molecule has 0 aromatic carbocycles. The highest BCUT2D eigenvalue weighted by atomic mass is 16.2. The van der Waals surface area contributed by atoms with E-state index in [4.69, 9.17) is 0 Å². The van der Waals surface area contributed by atoms with E-state index in [1.165, 1.54) is 12.8 Å². The van der Waals surface area contributed by atoms with Crippen molar-refractivity contribution in [2.75, 3.05) is 0 Å². The lowest BCUT2D eigenvalue weighted by molar-refractivity contribution is -0.138. The van der Waals surface area contributed by atoms with E-state index in [9.17, 15) is 9.59 Å². The molecule has 2 amide bonds. The van der Waals surface area contributed by atoms with Crippen LogP contribution in [-0.2, 0) is 9.59 Å². The zero-order valence-corrected chi connectivity index (χ0v) is 7.93. The molecule has 3 heteroatoms. The molecule has 0 radical (unpaired) electrons. The molecule has 0 spiro atoms. The summed E-state index contributed by atoms with van der Waals surface area (Å²) in [5, 5.41) is 2.37. The molecular formula is C10H15NO2. The quantitative estimate of drug-likeness (QED) is 0.651. The first-order valence-electron chi connectivity index (χ1n) is 4.99. The maximum absolute atomic E-state index is 11.2. The summed E-state index contributed by atoms with van der Waals surface area (Å²) in [5.74, 6) is 0.475. The first-order chi connectivity index (χ1) is 6.16. The van der Waals surface area contributed by atoms with Gasteiger partial charge < -0.3 is 0 Å². The van der Waals surface area contributed by atoms with Gasteiger partial charge in [0.15, 0.2) is 0 Å². The minimum absolute atomic E-state index is 0.0133. The molecule has 1 aliphatic heterocycles. The van der Waals surface area contributed by atoms with Crippen LogP contribution in [0.4, 0.5) is 0 Å². The predicted octanol–water partition coefficient (Wildman–Crippen LogP) is 1.23. The average molecular weight is 181 g/mol. The summed E-state index contributed by atoms with van der Waals surface area (Å²) in [6.07, 6.45) is 4.47. The summed E-state index contributed by atoms with van der Waals surface area (Å²) < 4.78 is 0. The van der Waals surface area contributed by atoms with Crippen LogP contribution in [-0.4, -0.2) is 11.8 Å². The molecule has 2 rings (SSSR count). The zero-order chi connectivity index (χ0) is 9.47. The van der Waals surface area contributed by atoms with Crippen molar-refractivity contribution in [3.8, 4) is 0 Å². The minimum Gasteiger partial charge on any atom is -0.296 e. The molecule has 1 N–H and O–H groups in total. The van der Waals surface area contributed by atoms with Crippen LogP contribution in [0.3, 0.4) is 0 Å². The third kappa shape index (κ3) is 1.47. The van der Waals surface area contributed by atoms with E-state index in [0.717, 1.165) is 6.42 Å². The van der Waals surface area contributed by atoms with Crippen LogP contribution in [0.1, 0.15) is 39.0 Å². The minimum atomic E-state index is -0.0787. The molecule has 2 fully saturated rings. The van der Waals surface area contributed by atoms with Crippen molar-refractivity contribution in [1.29, 1.82) is 0 Å². The lowest BCUT2D eigenvalue weighted by Crippen LogP contribution is -2.45. The van der Waals surface area contributed by atoms with Gasteiger partial charge in [0, 0.05) is 12.8 Å². The summed E-state index contributed by atoms with van der Waals surface area (Å²) in [7, 11) is 0. The molecular weight excluding hydrogens is 166 g/mol.